The number of ether oxygens (including phenoxy) is 1. The van der Waals surface area contributed by atoms with Gasteiger partial charge in [-0.25, -0.2) is 8.51 Å². The first kappa shape index (κ1) is 22.4. The molecule has 4 nitrogen and oxygen atoms in total. The van der Waals surface area contributed by atoms with Crippen molar-refractivity contribution in [3.63, 3.8) is 0 Å². The first-order valence-electron chi connectivity index (χ1n) is 9.74. The molecule has 2 atom stereocenters. The molecule has 1 saturated heterocycles. The molecule has 0 bridgehead atoms. The molecule has 162 valence electrons. The zero-order valence-electron chi connectivity index (χ0n) is 16.8. The lowest BCUT2D eigenvalue weighted by Gasteiger charge is -2.42. The van der Waals surface area contributed by atoms with Crippen molar-refractivity contribution in [3.05, 3.63) is 87.4 Å². The zero-order valence-corrected chi connectivity index (χ0v) is 19.9. The Balaban J connectivity index is 1.64. The van der Waals surface area contributed by atoms with Crippen LogP contribution in [-0.4, -0.2) is 35.3 Å². The Hall–Kier alpha value is -1.76. The predicted molar refractivity (Wildman–Crippen MR) is 129 cm³/mol. The SMILES string of the molecule is COc1ccc(S(=O)N2CCN(c3ccc(Cl)cc3Cl)C(c3ccc(Cl)cc3)C2)cc1. The molecule has 1 fully saturated rings. The van der Waals surface area contributed by atoms with Gasteiger partial charge in [0.15, 0.2) is 0 Å². The van der Waals surface area contributed by atoms with Gasteiger partial charge in [0.05, 0.1) is 28.8 Å². The third-order valence-corrected chi connectivity index (χ3v) is 7.58. The summed E-state index contributed by atoms with van der Waals surface area (Å²) in [7, 11) is 0.327. The summed E-state index contributed by atoms with van der Waals surface area (Å²) in [6, 6.07) is 20.6. The summed E-state index contributed by atoms with van der Waals surface area (Å²) in [6.45, 7) is 1.86. The number of halogens is 3. The van der Waals surface area contributed by atoms with E-state index in [9.17, 15) is 4.21 Å². The molecule has 0 radical (unpaired) electrons. The Labute approximate surface area is 199 Å². The van der Waals surface area contributed by atoms with E-state index in [1.165, 1.54) is 0 Å². The summed E-state index contributed by atoms with van der Waals surface area (Å²) in [4.78, 5) is 2.98. The van der Waals surface area contributed by atoms with Crippen LogP contribution in [0.15, 0.2) is 71.6 Å². The fraction of sp³-hybridized carbons (Fsp3) is 0.217. The average Bonchev–Trinajstić information content (AvgIpc) is 2.79. The van der Waals surface area contributed by atoms with E-state index in [2.05, 4.69) is 4.90 Å². The third kappa shape index (κ3) is 5.02. The summed E-state index contributed by atoms with van der Waals surface area (Å²) in [5.74, 6) is 0.738. The third-order valence-electron chi connectivity index (χ3n) is 5.31. The molecule has 0 saturated carbocycles. The number of hydrogen-bond acceptors (Lipinski definition) is 3. The highest BCUT2D eigenvalue weighted by Crippen LogP contribution is 2.37. The van der Waals surface area contributed by atoms with Gasteiger partial charge in [0.1, 0.15) is 16.7 Å². The van der Waals surface area contributed by atoms with Crippen LogP contribution in [0.5, 0.6) is 5.75 Å². The fourth-order valence-corrected chi connectivity index (χ4v) is 5.56. The van der Waals surface area contributed by atoms with Gasteiger partial charge in [-0.15, -0.1) is 0 Å². The number of rotatable bonds is 5. The summed E-state index contributed by atoms with van der Waals surface area (Å²) >= 11 is 18.7. The van der Waals surface area contributed by atoms with Crippen molar-refractivity contribution in [1.29, 1.82) is 0 Å². The lowest BCUT2D eigenvalue weighted by molar-refractivity contribution is 0.352. The molecule has 0 aliphatic carbocycles. The minimum absolute atomic E-state index is 0.0492. The molecular weight excluding hydrogens is 475 g/mol. The number of piperazine rings is 1. The van der Waals surface area contributed by atoms with Crippen molar-refractivity contribution >= 4 is 51.5 Å². The Kier molecular flexibility index (Phi) is 7.09. The van der Waals surface area contributed by atoms with E-state index >= 15 is 0 Å². The first-order chi connectivity index (χ1) is 15.0. The molecular formula is C23H21Cl3N2O2S. The standard InChI is InChI=1S/C23H21Cl3N2O2S/c1-30-19-7-9-20(10-8-19)31(29)27-12-13-28(22-11-6-18(25)14-21(22)26)23(15-27)16-2-4-17(24)5-3-16/h2-11,14,23H,12-13,15H2,1H3. The molecule has 3 aromatic carbocycles. The molecule has 8 heteroatoms. The Morgan fingerprint density at radius 2 is 1.58 bits per heavy atom. The number of nitrogens with zero attached hydrogens (tertiary/aromatic N) is 2. The summed E-state index contributed by atoms with van der Waals surface area (Å²) in [5, 5.41) is 1.86. The van der Waals surface area contributed by atoms with Crippen molar-refractivity contribution in [3.8, 4) is 5.75 Å². The smallest absolute Gasteiger partial charge is 0.127 e. The van der Waals surface area contributed by atoms with Gasteiger partial charge in [-0.1, -0.05) is 46.9 Å². The van der Waals surface area contributed by atoms with Gasteiger partial charge in [0.2, 0.25) is 0 Å². The van der Waals surface area contributed by atoms with E-state index in [-0.39, 0.29) is 6.04 Å². The average molecular weight is 496 g/mol. The van der Waals surface area contributed by atoms with Gasteiger partial charge in [-0.05, 0) is 60.2 Å². The van der Waals surface area contributed by atoms with Crippen molar-refractivity contribution in [2.24, 2.45) is 0 Å². The number of anilines is 1. The number of benzene rings is 3. The van der Waals surface area contributed by atoms with Gasteiger partial charge < -0.3 is 9.64 Å². The number of hydrogen-bond donors (Lipinski definition) is 0. The molecule has 4 rings (SSSR count). The maximum atomic E-state index is 13.3. The highest BCUT2D eigenvalue weighted by molar-refractivity contribution is 7.82. The molecule has 0 N–H and O–H groups in total. The van der Waals surface area contributed by atoms with E-state index in [4.69, 9.17) is 39.5 Å². The van der Waals surface area contributed by atoms with Crippen LogP contribution in [0.3, 0.4) is 0 Å². The van der Waals surface area contributed by atoms with Crippen LogP contribution in [0.2, 0.25) is 15.1 Å². The minimum Gasteiger partial charge on any atom is -0.497 e. The van der Waals surface area contributed by atoms with E-state index in [0.717, 1.165) is 21.9 Å². The van der Waals surface area contributed by atoms with E-state index in [0.29, 0.717) is 34.7 Å². The van der Waals surface area contributed by atoms with Crippen LogP contribution >= 0.6 is 34.8 Å². The first-order valence-corrected chi connectivity index (χ1v) is 12.0. The van der Waals surface area contributed by atoms with Crippen molar-refractivity contribution in [2.75, 3.05) is 31.6 Å². The van der Waals surface area contributed by atoms with E-state index in [1.807, 2.05) is 65.0 Å². The molecule has 0 amide bonds. The summed E-state index contributed by atoms with van der Waals surface area (Å²) < 4.78 is 20.5. The van der Waals surface area contributed by atoms with Crippen LogP contribution in [0, 0.1) is 0 Å². The van der Waals surface area contributed by atoms with Crippen molar-refractivity contribution in [2.45, 2.75) is 10.9 Å². The second kappa shape index (κ2) is 9.80. The van der Waals surface area contributed by atoms with E-state index < -0.39 is 11.0 Å². The van der Waals surface area contributed by atoms with Crippen molar-refractivity contribution < 1.29 is 8.95 Å². The molecule has 3 aromatic rings. The van der Waals surface area contributed by atoms with Gasteiger partial charge in [-0.3, -0.25) is 0 Å². The van der Waals surface area contributed by atoms with Gasteiger partial charge in [-0.2, -0.15) is 0 Å². The van der Waals surface area contributed by atoms with Crippen LogP contribution in [0.1, 0.15) is 11.6 Å². The Morgan fingerprint density at radius 1 is 0.903 bits per heavy atom. The lowest BCUT2D eigenvalue weighted by Crippen LogP contribution is -2.49. The molecule has 0 aromatic heterocycles. The van der Waals surface area contributed by atoms with Crippen LogP contribution in [0.25, 0.3) is 0 Å². The monoisotopic (exact) mass is 494 g/mol. The van der Waals surface area contributed by atoms with E-state index in [1.54, 1.807) is 13.2 Å². The normalized spacial score (nSPS) is 18.1. The summed E-state index contributed by atoms with van der Waals surface area (Å²) in [6.07, 6.45) is 0. The Morgan fingerprint density at radius 3 is 2.23 bits per heavy atom. The Bertz CT molecular complexity index is 1080. The molecule has 2 unspecified atom stereocenters. The molecule has 1 heterocycles. The number of methoxy groups -OCH3 is 1. The fourth-order valence-electron chi connectivity index (χ4n) is 3.72. The maximum Gasteiger partial charge on any atom is 0.127 e. The molecule has 0 spiro atoms. The zero-order chi connectivity index (χ0) is 22.0. The van der Waals surface area contributed by atoms with Crippen molar-refractivity contribution in [1.82, 2.24) is 4.31 Å². The second-order valence-corrected chi connectivity index (χ2v) is 9.94. The molecule has 31 heavy (non-hydrogen) atoms. The maximum absolute atomic E-state index is 13.3. The summed E-state index contributed by atoms with van der Waals surface area (Å²) in [5.41, 5.74) is 1.98. The molecule has 1 aliphatic heterocycles. The quantitative estimate of drug-likeness (QED) is 0.420. The minimum atomic E-state index is -1.29. The second-order valence-electron chi connectivity index (χ2n) is 7.17. The van der Waals surface area contributed by atoms with Crippen LogP contribution in [-0.2, 0) is 11.0 Å². The highest BCUT2D eigenvalue weighted by atomic mass is 35.5. The largest absolute Gasteiger partial charge is 0.497 e. The van der Waals surface area contributed by atoms with Crippen LogP contribution < -0.4 is 9.64 Å². The topological polar surface area (TPSA) is 32.8 Å². The molecule has 1 aliphatic rings. The van der Waals surface area contributed by atoms with Crippen LogP contribution in [0.4, 0.5) is 5.69 Å². The van der Waals surface area contributed by atoms with Gasteiger partial charge in [0.25, 0.3) is 0 Å². The lowest BCUT2D eigenvalue weighted by atomic mass is 10.0. The van der Waals surface area contributed by atoms with Gasteiger partial charge >= 0.3 is 0 Å². The van der Waals surface area contributed by atoms with Gasteiger partial charge in [0, 0.05) is 29.7 Å². The highest BCUT2D eigenvalue weighted by Gasteiger charge is 2.32. The predicted octanol–water partition coefficient (Wildman–Crippen LogP) is 6.24.